The quantitative estimate of drug-likeness (QED) is 0.644. The number of carbonyl (C=O) groups is 1. The molecule has 4 heteroatoms. The fraction of sp³-hybridized carbons (Fsp3) is 0.0714. The molecule has 0 fully saturated rings. The van der Waals surface area contributed by atoms with Crippen molar-refractivity contribution in [1.29, 1.82) is 0 Å². The number of hydrogen-bond donors (Lipinski definition) is 1. The van der Waals surface area contributed by atoms with E-state index in [1.54, 1.807) is 18.2 Å². The topological polar surface area (TPSA) is 60.4 Å². The van der Waals surface area contributed by atoms with Gasteiger partial charge < -0.3 is 15.0 Å². The number of aromatic carboxylic acids is 1. The van der Waals surface area contributed by atoms with E-state index in [0.29, 0.717) is 0 Å². The number of rotatable bonds is 2. The molecule has 0 bridgehead atoms. The van der Waals surface area contributed by atoms with E-state index in [2.05, 4.69) is 0 Å². The van der Waals surface area contributed by atoms with Gasteiger partial charge >= 0.3 is 29.6 Å². The number of carboxylic acid groups (broad SMARTS) is 1. The van der Waals surface area contributed by atoms with Crippen molar-refractivity contribution < 1.29 is 44.6 Å². The molecule has 2 rings (SSSR count). The van der Waals surface area contributed by atoms with Crippen LogP contribution in [0.4, 0.5) is 0 Å². The molecule has 2 aromatic rings. The molecule has 3 nitrogen and oxygen atoms in total. The Morgan fingerprint density at radius 3 is 1.67 bits per heavy atom. The van der Waals surface area contributed by atoms with Crippen LogP contribution < -0.4 is 34.7 Å². The van der Waals surface area contributed by atoms with E-state index >= 15 is 0 Å². The summed E-state index contributed by atoms with van der Waals surface area (Å²) in [6.45, 7) is 0.140. The van der Waals surface area contributed by atoms with Crippen LogP contribution in [0.15, 0.2) is 60.7 Å². The Kier molecular flexibility index (Phi) is 9.24. The molecule has 0 radical (unpaired) electrons. The van der Waals surface area contributed by atoms with E-state index in [1.165, 1.54) is 12.1 Å². The molecule has 88 valence electrons. The standard InChI is InChI=1S/C7H6O2.C7H8O.Na/c8-7(9)6-4-2-1-3-5-6;8-6-7-4-2-1-3-5-7;/h1-5H,(H,8,9);1-5,8H,6H2;/q;;+1/p-1. The van der Waals surface area contributed by atoms with Crippen molar-refractivity contribution >= 4 is 5.97 Å². The SMILES string of the molecule is O=C([O-])c1ccccc1.OCc1ccccc1.[Na+]. The number of carboxylic acids is 1. The molecule has 1 N–H and O–H groups in total. The van der Waals surface area contributed by atoms with Crippen molar-refractivity contribution in [2.45, 2.75) is 6.61 Å². The van der Waals surface area contributed by atoms with Gasteiger partial charge in [0, 0.05) is 0 Å². The third kappa shape index (κ3) is 6.57. The molecule has 0 spiro atoms. The summed E-state index contributed by atoms with van der Waals surface area (Å²) in [5, 5.41) is 18.6. The fourth-order valence-electron chi connectivity index (χ4n) is 1.16. The second kappa shape index (κ2) is 9.85. The van der Waals surface area contributed by atoms with Gasteiger partial charge in [0.1, 0.15) is 0 Å². The van der Waals surface area contributed by atoms with E-state index in [1.807, 2.05) is 30.3 Å². The average molecular weight is 252 g/mol. The minimum atomic E-state index is -1.13. The number of aliphatic hydroxyl groups is 1. The van der Waals surface area contributed by atoms with E-state index in [4.69, 9.17) is 5.11 Å². The molecule has 0 aliphatic heterocycles. The molecule has 0 saturated carbocycles. The Bertz CT molecular complexity index is 443. The molecule has 0 unspecified atom stereocenters. The van der Waals surface area contributed by atoms with Crippen LogP contribution in [0.3, 0.4) is 0 Å². The predicted molar refractivity (Wildman–Crippen MR) is 63.1 cm³/mol. The van der Waals surface area contributed by atoms with Crippen LogP contribution in [0.2, 0.25) is 0 Å². The second-order valence-electron chi connectivity index (χ2n) is 3.30. The minimum Gasteiger partial charge on any atom is -0.545 e. The first-order valence-corrected chi connectivity index (χ1v) is 5.15. The fourth-order valence-corrected chi connectivity index (χ4v) is 1.16. The van der Waals surface area contributed by atoms with Gasteiger partial charge in [-0.2, -0.15) is 0 Å². The zero-order valence-corrected chi connectivity index (χ0v) is 12.2. The third-order valence-corrected chi connectivity index (χ3v) is 2.03. The summed E-state index contributed by atoms with van der Waals surface area (Å²) < 4.78 is 0. The monoisotopic (exact) mass is 252 g/mol. The van der Waals surface area contributed by atoms with Crippen LogP contribution >= 0.6 is 0 Å². The van der Waals surface area contributed by atoms with Crippen molar-refractivity contribution in [2.75, 3.05) is 0 Å². The molecule has 0 atom stereocenters. The third-order valence-electron chi connectivity index (χ3n) is 2.03. The summed E-state index contributed by atoms with van der Waals surface area (Å²) in [5.74, 6) is -1.13. The minimum absolute atomic E-state index is 0. The molecule has 0 aliphatic carbocycles. The number of hydrogen-bond acceptors (Lipinski definition) is 3. The summed E-state index contributed by atoms with van der Waals surface area (Å²) in [5.41, 5.74) is 1.19. The number of benzene rings is 2. The molecular formula is C14H13NaO3. The first-order chi connectivity index (χ1) is 8.24. The number of carbonyl (C=O) groups excluding carboxylic acids is 1. The van der Waals surface area contributed by atoms with Crippen molar-refractivity contribution in [3.8, 4) is 0 Å². The summed E-state index contributed by atoms with van der Waals surface area (Å²) in [4.78, 5) is 10.1. The van der Waals surface area contributed by atoms with E-state index in [-0.39, 0.29) is 41.7 Å². The summed E-state index contributed by atoms with van der Waals surface area (Å²) >= 11 is 0. The van der Waals surface area contributed by atoms with Gasteiger partial charge in [0.15, 0.2) is 0 Å². The van der Waals surface area contributed by atoms with Gasteiger partial charge in [-0.05, 0) is 11.1 Å². The maximum Gasteiger partial charge on any atom is 1.00 e. The molecule has 0 amide bonds. The van der Waals surface area contributed by atoms with Gasteiger partial charge in [0.25, 0.3) is 0 Å². The normalized spacial score (nSPS) is 8.50. The van der Waals surface area contributed by atoms with Gasteiger partial charge in [-0.3, -0.25) is 0 Å². The second-order valence-corrected chi connectivity index (χ2v) is 3.30. The maximum absolute atomic E-state index is 10.1. The van der Waals surface area contributed by atoms with Crippen molar-refractivity contribution in [2.24, 2.45) is 0 Å². The Morgan fingerprint density at radius 2 is 1.39 bits per heavy atom. The molecule has 0 aromatic heterocycles. The van der Waals surface area contributed by atoms with Crippen LogP contribution in [0.25, 0.3) is 0 Å². The Morgan fingerprint density at radius 1 is 0.944 bits per heavy atom. The smallest absolute Gasteiger partial charge is 0.545 e. The van der Waals surface area contributed by atoms with Crippen LogP contribution in [0.5, 0.6) is 0 Å². The van der Waals surface area contributed by atoms with Crippen molar-refractivity contribution in [3.05, 3.63) is 71.8 Å². The van der Waals surface area contributed by atoms with Gasteiger partial charge in [0.2, 0.25) is 0 Å². The van der Waals surface area contributed by atoms with E-state index in [0.717, 1.165) is 5.56 Å². The average Bonchev–Trinajstić information content (AvgIpc) is 2.41. The van der Waals surface area contributed by atoms with E-state index in [9.17, 15) is 9.90 Å². The van der Waals surface area contributed by atoms with E-state index < -0.39 is 5.97 Å². The zero-order chi connectivity index (χ0) is 12.5. The largest absolute Gasteiger partial charge is 1.00 e. The Hall–Kier alpha value is -1.13. The predicted octanol–water partition coefficient (Wildman–Crippen LogP) is -1.77. The van der Waals surface area contributed by atoms with Gasteiger partial charge in [-0.15, -0.1) is 0 Å². The first-order valence-electron chi connectivity index (χ1n) is 5.15. The summed E-state index contributed by atoms with van der Waals surface area (Å²) in [6.07, 6.45) is 0. The summed E-state index contributed by atoms with van der Waals surface area (Å²) in [7, 11) is 0. The van der Waals surface area contributed by atoms with Crippen LogP contribution in [-0.2, 0) is 6.61 Å². The Labute approximate surface area is 128 Å². The summed E-state index contributed by atoms with van der Waals surface area (Å²) in [6, 6.07) is 17.6. The van der Waals surface area contributed by atoms with Gasteiger partial charge in [0.05, 0.1) is 12.6 Å². The molecule has 0 saturated heterocycles. The molecule has 0 aliphatic rings. The van der Waals surface area contributed by atoms with Gasteiger partial charge in [-0.25, -0.2) is 0 Å². The molecule has 2 aromatic carbocycles. The molecule has 18 heavy (non-hydrogen) atoms. The van der Waals surface area contributed by atoms with Crippen LogP contribution in [-0.4, -0.2) is 11.1 Å². The first kappa shape index (κ1) is 16.9. The maximum atomic E-state index is 10.1. The zero-order valence-electron chi connectivity index (χ0n) is 10.2. The molecular weight excluding hydrogens is 239 g/mol. The van der Waals surface area contributed by atoms with Crippen LogP contribution in [0.1, 0.15) is 15.9 Å². The molecule has 0 heterocycles. The van der Waals surface area contributed by atoms with Gasteiger partial charge in [-0.1, -0.05) is 60.7 Å². The number of aliphatic hydroxyl groups excluding tert-OH is 1. The van der Waals surface area contributed by atoms with Crippen LogP contribution in [0, 0.1) is 0 Å². The van der Waals surface area contributed by atoms with Crippen molar-refractivity contribution in [1.82, 2.24) is 0 Å². The Balaban J connectivity index is 0.000000306. The van der Waals surface area contributed by atoms with Crippen molar-refractivity contribution in [3.63, 3.8) is 0 Å².